The highest BCUT2D eigenvalue weighted by Crippen LogP contribution is 2.76. The van der Waals surface area contributed by atoms with Crippen molar-refractivity contribution in [3.63, 3.8) is 0 Å². The zero-order valence-corrected chi connectivity index (χ0v) is 33.7. The number of nitrogens with one attached hydrogen (secondary N) is 1. The van der Waals surface area contributed by atoms with Gasteiger partial charge in [0.05, 0.1) is 23.8 Å². The highest BCUT2D eigenvalue weighted by atomic mass is 16.5. The standard InChI is InChI=1S/C44H67NO7/c1-26(2)35-29(46)23-44(32(47)25-45-37(49)27-13-11-10-12-14-27)22-21-42(8)28(36(35)44)15-16-31-41(7)19-18-33(52-34(48)24-39(3,4)38(50)51)40(5,6)30(41)17-20-43(31,42)9/h26-28,30-31,33H,10-25H2,1-9H3,(H,45,49)(H,50,51)/t28-,30-,31-,33+,41+,42-,43-,44+/m1/s1. The van der Waals surface area contributed by atoms with Gasteiger partial charge in [-0.2, -0.15) is 0 Å². The first kappa shape index (κ1) is 39.2. The maximum atomic E-state index is 14.5. The van der Waals surface area contributed by atoms with Gasteiger partial charge in [-0.3, -0.25) is 24.0 Å². The molecule has 0 aromatic heterocycles. The number of carboxylic acids is 1. The van der Waals surface area contributed by atoms with Crippen LogP contribution in [0.4, 0.5) is 0 Å². The number of ether oxygens (including phenoxy) is 1. The summed E-state index contributed by atoms with van der Waals surface area (Å²) < 4.78 is 6.15. The zero-order valence-electron chi connectivity index (χ0n) is 33.7. The smallest absolute Gasteiger partial charge is 0.309 e. The molecule has 5 fully saturated rings. The minimum absolute atomic E-state index is 0.00133. The quantitative estimate of drug-likeness (QED) is 0.228. The Kier molecular flexibility index (Phi) is 10.1. The second-order valence-corrected chi connectivity index (χ2v) is 20.5. The van der Waals surface area contributed by atoms with E-state index in [-0.39, 0.29) is 82.4 Å². The highest BCUT2D eigenvalue weighted by molar-refractivity contribution is 6.08. The van der Waals surface area contributed by atoms with Crippen LogP contribution in [-0.4, -0.2) is 47.2 Å². The van der Waals surface area contributed by atoms with E-state index in [0.717, 1.165) is 81.8 Å². The number of ketones is 2. The number of carbonyl (C=O) groups excluding carboxylic acids is 4. The Morgan fingerprint density at radius 2 is 1.52 bits per heavy atom. The molecule has 6 aliphatic carbocycles. The number of hydrogen-bond donors (Lipinski definition) is 2. The van der Waals surface area contributed by atoms with Crippen LogP contribution in [0.1, 0.15) is 159 Å². The van der Waals surface area contributed by atoms with Crippen molar-refractivity contribution in [3.05, 3.63) is 11.1 Å². The normalized spacial score (nSPS) is 38.8. The Labute approximate surface area is 312 Å². The number of allylic oxidation sites excluding steroid dienone is 2. The van der Waals surface area contributed by atoms with Gasteiger partial charge in [-0.05, 0) is 129 Å². The molecular weight excluding hydrogens is 654 g/mol. The van der Waals surface area contributed by atoms with Gasteiger partial charge >= 0.3 is 11.9 Å². The highest BCUT2D eigenvalue weighted by Gasteiger charge is 2.71. The van der Waals surface area contributed by atoms with Crippen LogP contribution in [0.3, 0.4) is 0 Å². The lowest BCUT2D eigenvalue weighted by Gasteiger charge is -2.72. The predicted molar refractivity (Wildman–Crippen MR) is 200 cm³/mol. The lowest BCUT2D eigenvalue weighted by atomic mass is 9.33. The molecular formula is C44H67NO7. The summed E-state index contributed by atoms with van der Waals surface area (Å²) in [4.78, 5) is 66.4. The molecule has 0 aromatic rings. The van der Waals surface area contributed by atoms with Crippen molar-refractivity contribution in [1.29, 1.82) is 0 Å². The van der Waals surface area contributed by atoms with Crippen LogP contribution >= 0.6 is 0 Å². The summed E-state index contributed by atoms with van der Waals surface area (Å²) in [7, 11) is 0. The molecule has 0 bridgehead atoms. The van der Waals surface area contributed by atoms with Crippen LogP contribution < -0.4 is 5.32 Å². The number of Topliss-reactive ketones (excluding diaryl/α,β-unsaturated/α-hetero) is 2. The van der Waals surface area contributed by atoms with Gasteiger partial charge < -0.3 is 15.2 Å². The van der Waals surface area contributed by atoms with Crippen LogP contribution in [0, 0.1) is 62.1 Å². The number of carbonyl (C=O) groups is 5. The van der Waals surface area contributed by atoms with Gasteiger partial charge in [-0.1, -0.05) is 67.7 Å². The van der Waals surface area contributed by atoms with E-state index in [2.05, 4.69) is 53.8 Å². The number of amides is 1. The van der Waals surface area contributed by atoms with E-state index in [0.29, 0.717) is 18.3 Å². The van der Waals surface area contributed by atoms with Gasteiger partial charge in [0.1, 0.15) is 6.10 Å². The summed E-state index contributed by atoms with van der Waals surface area (Å²) in [5, 5.41) is 12.6. The van der Waals surface area contributed by atoms with E-state index in [1.165, 1.54) is 6.42 Å². The molecule has 8 atom stereocenters. The fourth-order valence-corrected chi connectivity index (χ4v) is 13.6. The third kappa shape index (κ3) is 5.94. The number of fused-ring (bicyclic) bond motifs is 7. The first-order chi connectivity index (χ1) is 24.2. The number of carboxylic acid groups (broad SMARTS) is 1. The van der Waals surface area contributed by atoms with Crippen LogP contribution in [0.15, 0.2) is 11.1 Å². The molecule has 6 aliphatic rings. The average molecular weight is 722 g/mol. The predicted octanol–water partition coefficient (Wildman–Crippen LogP) is 8.65. The van der Waals surface area contributed by atoms with Crippen LogP contribution in [0.25, 0.3) is 0 Å². The SMILES string of the molecule is CC(C)C1=C2[C@H]3CC[C@@H]4[C@@]5(C)CC[C@H](OC(=O)CC(C)(C)C(=O)O)C(C)(C)[C@H]5CC[C@@]4(C)[C@]3(C)CC[C@@]2(C(=O)CNC(=O)C2CCCCC2)CC1=O. The molecule has 0 saturated heterocycles. The summed E-state index contributed by atoms with van der Waals surface area (Å²) in [6.07, 6.45) is 12.2. The van der Waals surface area contributed by atoms with E-state index < -0.39 is 22.8 Å². The van der Waals surface area contributed by atoms with Gasteiger partial charge in [-0.25, -0.2) is 0 Å². The van der Waals surface area contributed by atoms with Crippen molar-refractivity contribution in [2.75, 3.05) is 6.54 Å². The van der Waals surface area contributed by atoms with Crippen LogP contribution in [0.5, 0.6) is 0 Å². The van der Waals surface area contributed by atoms with E-state index in [1.807, 2.05) is 0 Å². The van der Waals surface area contributed by atoms with Crippen molar-refractivity contribution in [1.82, 2.24) is 5.32 Å². The van der Waals surface area contributed by atoms with E-state index >= 15 is 0 Å². The number of hydrogen-bond acceptors (Lipinski definition) is 6. The van der Waals surface area contributed by atoms with E-state index in [9.17, 15) is 29.1 Å². The van der Waals surface area contributed by atoms with Crippen molar-refractivity contribution >= 4 is 29.4 Å². The summed E-state index contributed by atoms with van der Waals surface area (Å²) in [6, 6.07) is 0. The van der Waals surface area contributed by atoms with Crippen molar-refractivity contribution < 1.29 is 33.8 Å². The molecule has 2 N–H and O–H groups in total. The third-order valence-corrected chi connectivity index (χ3v) is 16.7. The van der Waals surface area contributed by atoms with Gasteiger partial charge in [0.25, 0.3) is 0 Å². The third-order valence-electron chi connectivity index (χ3n) is 16.7. The first-order valence-electron chi connectivity index (χ1n) is 20.7. The molecule has 8 heteroatoms. The van der Waals surface area contributed by atoms with Gasteiger partial charge in [0.2, 0.25) is 5.91 Å². The molecule has 0 radical (unpaired) electrons. The fraction of sp³-hybridized carbons (Fsp3) is 0.841. The number of rotatable bonds is 9. The minimum atomic E-state index is -1.18. The molecule has 6 rings (SSSR count). The Bertz CT molecular complexity index is 1530. The second kappa shape index (κ2) is 13.4. The molecule has 1 amide bonds. The maximum absolute atomic E-state index is 14.5. The Morgan fingerprint density at radius 3 is 2.15 bits per heavy atom. The van der Waals surface area contributed by atoms with Gasteiger partial charge in [0.15, 0.2) is 11.6 Å². The maximum Gasteiger partial charge on any atom is 0.309 e. The van der Waals surface area contributed by atoms with E-state index in [4.69, 9.17) is 4.74 Å². The summed E-state index contributed by atoms with van der Waals surface area (Å²) in [6.45, 7) is 19.3. The molecule has 0 spiro atoms. The minimum Gasteiger partial charge on any atom is -0.481 e. The second-order valence-electron chi connectivity index (χ2n) is 20.5. The Morgan fingerprint density at radius 1 is 0.846 bits per heavy atom. The zero-order chi connectivity index (χ0) is 38.2. The molecule has 0 unspecified atom stereocenters. The Balaban J connectivity index is 1.26. The molecule has 0 heterocycles. The van der Waals surface area contributed by atoms with Gasteiger partial charge in [-0.15, -0.1) is 0 Å². The molecule has 290 valence electrons. The number of esters is 1. The number of aliphatic carboxylic acids is 1. The topological polar surface area (TPSA) is 127 Å². The van der Waals surface area contributed by atoms with E-state index in [1.54, 1.807) is 13.8 Å². The summed E-state index contributed by atoms with van der Waals surface area (Å²) >= 11 is 0. The van der Waals surface area contributed by atoms with Crippen LogP contribution in [-0.2, 0) is 28.7 Å². The van der Waals surface area contributed by atoms with Crippen molar-refractivity contribution in [2.24, 2.45) is 62.1 Å². The largest absolute Gasteiger partial charge is 0.481 e. The molecule has 8 nitrogen and oxygen atoms in total. The average Bonchev–Trinajstić information content (AvgIpc) is 3.38. The van der Waals surface area contributed by atoms with Crippen LogP contribution in [0.2, 0.25) is 0 Å². The lowest BCUT2D eigenvalue weighted by molar-refractivity contribution is -0.233. The van der Waals surface area contributed by atoms with Crippen molar-refractivity contribution in [3.8, 4) is 0 Å². The fourth-order valence-electron chi connectivity index (χ4n) is 13.6. The molecule has 52 heavy (non-hydrogen) atoms. The summed E-state index contributed by atoms with van der Waals surface area (Å²) in [5.74, 6) is -0.319. The first-order valence-corrected chi connectivity index (χ1v) is 20.7. The molecule has 0 aliphatic heterocycles. The molecule has 0 aromatic carbocycles. The lowest BCUT2D eigenvalue weighted by Crippen LogP contribution is -2.66. The molecule has 5 saturated carbocycles. The monoisotopic (exact) mass is 721 g/mol. The Hall–Kier alpha value is -2.51. The summed E-state index contributed by atoms with van der Waals surface area (Å²) in [5.41, 5.74) is -0.301. The van der Waals surface area contributed by atoms with Gasteiger partial charge in [0, 0.05) is 17.8 Å². The van der Waals surface area contributed by atoms with Crippen molar-refractivity contribution in [2.45, 2.75) is 165 Å².